The maximum Gasteiger partial charge on any atom is 0.228 e. The summed E-state index contributed by atoms with van der Waals surface area (Å²) in [5.74, 6) is 0.820. The monoisotopic (exact) mass is 378 g/mol. The first-order valence-corrected chi connectivity index (χ1v) is 9.86. The van der Waals surface area contributed by atoms with Crippen LogP contribution >= 0.6 is 0 Å². The number of likely N-dealkylation sites (tertiary alicyclic amines) is 1. The lowest BCUT2D eigenvalue weighted by atomic mass is 10.2. The molecule has 2 atom stereocenters. The van der Waals surface area contributed by atoms with Crippen molar-refractivity contribution in [2.45, 2.75) is 44.2 Å². The Labute approximate surface area is 162 Å². The molecule has 3 fully saturated rings. The van der Waals surface area contributed by atoms with Gasteiger partial charge in [-0.3, -0.25) is 9.59 Å². The highest BCUT2D eigenvalue weighted by Gasteiger charge is 2.45. The average molecular weight is 378 g/mol. The summed E-state index contributed by atoms with van der Waals surface area (Å²) in [5.41, 5.74) is 1.81. The zero-order chi connectivity index (χ0) is 19.3. The minimum absolute atomic E-state index is 0.0431. The van der Waals surface area contributed by atoms with E-state index in [4.69, 9.17) is 5.26 Å². The molecule has 2 saturated heterocycles. The van der Waals surface area contributed by atoms with Gasteiger partial charge in [0.15, 0.2) is 0 Å². The molecule has 28 heavy (non-hydrogen) atoms. The summed E-state index contributed by atoms with van der Waals surface area (Å²) in [6.07, 6.45) is 5.28. The van der Waals surface area contributed by atoms with Crippen LogP contribution in [-0.2, 0) is 9.59 Å². The second-order valence-electron chi connectivity index (χ2n) is 7.93. The summed E-state index contributed by atoms with van der Waals surface area (Å²) in [4.78, 5) is 36.5. The Balaban J connectivity index is 1.38. The van der Waals surface area contributed by atoms with Crippen molar-refractivity contribution in [1.82, 2.24) is 14.9 Å². The molecular weight excluding hydrogens is 356 g/mol. The molecule has 1 aliphatic carbocycles. The average Bonchev–Trinajstić information content (AvgIpc) is 3.11. The van der Waals surface area contributed by atoms with E-state index in [1.165, 1.54) is 0 Å². The van der Waals surface area contributed by atoms with E-state index in [1.54, 1.807) is 0 Å². The second-order valence-corrected chi connectivity index (χ2v) is 7.93. The Kier molecular flexibility index (Phi) is 3.97. The van der Waals surface area contributed by atoms with Crippen LogP contribution in [0.2, 0.25) is 0 Å². The predicted molar refractivity (Wildman–Crippen MR) is 104 cm³/mol. The molecule has 2 N–H and O–H groups in total. The number of nitriles is 1. The van der Waals surface area contributed by atoms with Crippen molar-refractivity contribution in [3.05, 3.63) is 18.3 Å². The fraction of sp³-hybridized carbons (Fsp3) is 0.500. The first-order valence-electron chi connectivity index (χ1n) is 9.86. The van der Waals surface area contributed by atoms with Gasteiger partial charge >= 0.3 is 0 Å². The number of H-pyrrole nitrogens is 1. The highest BCUT2D eigenvalue weighted by Crippen LogP contribution is 2.39. The minimum Gasteiger partial charge on any atom is -0.364 e. The molecule has 2 aromatic heterocycles. The molecule has 0 aromatic carbocycles. The number of aromatic amines is 1. The van der Waals surface area contributed by atoms with Gasteiger partial charge in [-0.1, -0.05) is 0 Å². The van der Waals surface area contributed by atoms with Gasteiger partial charge in [-0.25, -0.2) is 4.98 Å². The zero-order valence-corrected chi connectivity index (χ0v) is 15.5. The number of fused-ring (bicyclic) bond motifs is 3. The van der Waals surface area contributed by atoms with Crippen LogP contribution in [0.3, 0.4) is 0 Å². The normalized spacial score (nSPS) is 23.2. The van der Waals surface area contributed by atoms with Gasteiger partial charge < -0.3 is 20.1 Å². The summed E-state index contributed by atoms with van der Waals surface area (Å²) >= 11 is 0. The topological polar surface area (TPSA) is 105 Å². The highest BCUT2D eigenvalue weighted by molar-refractivity contribution is 5.98. The van der Waals surface area contributed by atoms with Crippen molar-refractivity contribution >= 4 is 34.4 Å². The van der Waals surface area contributed by atoms with E-state index in [0.717, 1.165) is 42.5 Å². The van der Waals surface area contributed by atoms with Crippen LogP contribution < -0.4 is 10.2 Å². The van der Waals surface area contributed by atoms with E-state index >= 15 is 0 Å². The van der Waals surface area contributed by atoms with E-state index in [1.807, 2.05) is 29.3 Å². The van der Waals surface area contributed by atoms with Crippen molar-refractivity contribution in [1.29, 1.82) is 5.26 Å². The Bertz CT molecular complexity index is 988. The molecule has 4 heterocycles. The fourth-order valence-electron chi connectivity index (χ4n) is 4.47. The molecule has 2 aromatic rings. The molecule has 0 spiro atoms. The van der Waals surface area contributed by atoms with E-state index in [2.05, 4.69) is 20.2 Å². The minimum atomic E-state index is 0.0431. The van der Waals surface area contributed by atoms with Gasteiger partial charge in [0.1, 0.15) is 11.5 Å². The molecule has 0 radical (unpaired) electrons. The number of anilines is 2. The van der Waals surface area contributed by atoms with E-state index < -0.39 is 0 Å². The second kappa shape index (κ2) is 6.51. The first kappa shape index (κ1) is 17.0. The van der Waals surface area contributed by atoms with Crippen molar-refractivity contribution in [3.8, 4) is 6.07 Å². The lowest BCUT2D eigenvalue weighted by Crippen LogP contribution is -2.48. The number of pyridine rings is 1. The summed E-state index contributed by atoms with van der Waals surface area (Å²) in [6.45, 7) is 1.45. The van der Waals surface area contributed by atoms with Gasteiger partial charge in [0.05, 0.1) is 17.8 Å². The van der Waals surface area contributed by atoms with E-state index in [-0.39, 0.29) is 36.2 Å². The quantitative estimate of drug-likeness (QED) is 0.828. The van der Waals surface area contributed by atoms with Crippen molar-refractivity contribution in [2.75, 3.05) is 23.3 Å². The van der Waals surface area contributed by atoms with E-state index in [9.17, 15) is 9.59 Å². The molecule has 8 heteroatoms. The number of piperazine rings is 1. The molecule has 2 amide bonds. The third-order valence-electron chi connectivity index (χ3n) is 6.03. The lowest BCUT2D eigenvalue weighted by Gasteiger charge is -2.36. The highest BCUT2D eigenvalue weighted by atomic mass is 16.2. The summed E-state index contributed by atoms with van der Waals surface area (Å²) in [6, 6.07) is 6.45. The number of nitrogens with one attached hydrogen (secondary N) is 2. The lowest BCUT2D eigenvalue weighted by molar-refractivity contribution is -0.132. The van der Waals surface area contributed by atoms with Crippen molar-refractivity contribution in [3.63, 3.8) is 0 Å². The molecule has 0 unspecified atom stereocenters. The molecule has 1 saturated carbocycles. The molecule has 8 nitrogen and oxygen atoms in total. The van der Waals surface area contributed by atoms with Crippen LogP contribution in [-0.4, -0.2) is 51.9 Å². The number of nitrogens with zero attached hydrogens (tertiary/aromatic N) is 4. The Morgan fingerprint density at radius 1 is 1.32 bits per heavy atom. The third kappa shape index (κ3) is 2.87. The maximum absolute atomic E-state index is 12.3. The molecule has 2 bridgehead atoms. The number of aromatic nitrogens is 2. The standard InChI is InChI=1S/C20H22N6O2/c21-6-1-2-18(27)26-11-13-8-14(26)10-25(13)16-9-17(24-20(28)12-3-4-12)23-19-15(16)5-7-22-19/h5,7,9,12-14H,1-4,8,10-11H2,(H2,22,23,24,28)/t13-,14-/m1/s1. The molecule has 5 rings (SSSR count). The van der Waals surface area contributed by atoms with Gasteiger partial charge in [-0.2, -0.15) is 5.26 Å². The van der Waals surface area contributed by atoms with Crippen LogP contribution in [0.4, 0.5) is 11.5 Å². The number of carbonyl (C=O) groups is 2. The number of hydrogen-bond donors (Lipinski definition) is 2. The van der Waals surface area contributed by atoms with Gasteiger partial charge in [0.2, 0.25) is 11.8 Å². The fourth-order valence-corrected chi connectivity index (χ4v) is 4.47. The molecule has 144 valence electrons. The molecule has 2 aliphatic heterocycles. The smallest absolute Gasteiger partial charge is 0.228 e. The van der Waals surface area contributed by atoms with Gasteiger partial charge in [-0.05, 0) is 25.3 Å². The number of rotatable bonds is 5. The Morgan fingerprint density at radius 2 is 2.18 bits per heavy atom. The van der Waals surface area contributed by atoms with Crippen LogP contribution in [0.5, 0.6) is 0 Å². The number of carbonyl (C=O) groups excluding carboxylic acids is 2. The summed E-state index contributed by atoms with van der Waals surface area (Å²) < 4.78 is 0. The zero-order valence-electron chi connectivity index (χ0n) is 15.5. The van der Waals surface area contributed by atoms with Crippen molar-refractivity contribution in [2.24, 2.45) is 5.92 Å². The van der Waals surface area contributed by atoms with Crippen LogP contribution in [0, 0.1) is 17.2 Å². The number of hydrogen-bond acceptors (Lipinski definition) is 5. The van der Waals surface area contributed by atoms with Crippen molar-refractivity contribution < 1.29 is 9.59 Å². The van der Waals surface area contributed by atoms with Crippen LogP contribution in [0.25, 0.3) is 11.0 Å². The van der Waals surface area contributed by atoms with Crippen LogP contribution in [0.15, 0.2) is 18.3 Å². The Hall–Kier alpha value is -3.08. The van der Waals surface area contributed by atoms with Gasteiger partial charge in [0, 0.05) is 55.5 Å². The molecular formula is C20H22N6O2. The predicted octanol–water partition coefficient (Wildman–Crippen LogP) is 2.00. The van der Waals surface area contributed by atoms with Gasteiger partial charge in [0.25, 0.3) is 0 Å². The maximum atomic E-state index is 12.3. The SMILES string of the molecule is N#CCCC(=O)N1C[C@H]2C[C@@H]1CN2c1cc(NC(=O)C2CC2)nc2[nH]ccc12. The summed E-state index contributed by atoms with van der Waals surface area (Å²) in [7, 11) is 0. The molecule has 3 aliphatic rings. The first-order chi connectivity index (χ1) is 13.6. The third-order valence-corrected chi connectivity index (χ3v) is 6.03. The summed E-state index contributed by atoms with van der Waals surface area (Å²) in [5, 5.41) is 12.7. The number of amides is 2. The van der Waals surface area contributed by atoms with E-state index in [0.29, 0.717) is 18.8 Å². The van der Waals surface area contributed by atoms with Gasteiger partial charge in [-0.15, -0.1) is 0 Å². The largest absolute Gasteiger partial charge is 0.364 e. The van der Waals surface area contributed by atoms with Crippen LogP contribution in [0.1, 0.15) is 32.1 Å². The Morgan fingerprint density at radius 3 is 2.89 bits per heavy atom.